The molecule has 3 aliphatic rings. The molecule has 1 N–H and O–H groups in total. The lowest BCUT2D eigenvalue weighted by molar-refractivity contribution is -0.136. The molecule has 0 saturated carbocycles. The molecule has 2 aromatic rings. The van der Waals surface area contributed by atoms with Gasteiger partial charge >= 0.3 is 6.03 Å². The molecule has 0 bridgehead atoms. The summed E-state index contributed by atoms with van der Waals surface area (Å²) in [6.45, 7) is 1.88. The number of carbonyl (C=O) groups excluding carboxylic acids is 4. The van der Waals surface area contributed by atoms with E-state index >= 15 is 0 Å². The predicted octanol–water partition coefficient (Wildman–Crippen LogP) is 2.04. The van der Waals surface area contributed by atoms with Crippen molar-refractivity contribution in [1.82, 2.24) is 10.2 Å². The summed E-state index contributed by atoms with van der Waals surface area (Å²) in [7, 11) is 1.64. The molecule has 1 unspecified atom stereocenters. The summed E-state index contributed by atoms with van der Waals surface area (Å²) in [5, 5.41) is 2.31. The molecule has 0 aromatic heterocycles. The van der Waals surface area contributed by atoms with Crippen LogP contribution < -0.4 is 15.1 Å². The van der Waals surface area contributed by atoms with Crippen LogP contribution in [-0.4, -0.2) is 54.9 Å². The number of fused-ring (bicyclic) bond motifs is 1. The van der Waals surface area contributed by atoms with Gasteiger partial charge in [-0.15, -0.1) is 0 Å². The summed E-state index contributed by atoms with van der Waals surface area (Å²) in [6, 6.07) is 12.3. The van der Waals surface area contributed by atoms with Gasteiger partial charge in [0.1, 0.15) is 6.04 Å². The molecule has 3 heterocycles. The van der Waals surface area contributed by atoms with Crippen molar-refractivity contribution in [2.45, 2.75) is 32.0 Å². The summed E-state index contributed by atoms with van der Waals surface area (Å²) in [4.78, 5) is 54.7. The third kappa shape index (κ3) is 3.74. The number of nitrogens with one attached hydrogen (secondary N) is 1. The number of benzene rings is 2. The Morgan fingerprint density at radius 3 is 2.36 bits per heavy atom. The van der Waals surface area contributed by atoms with Crippen LogP contribution in [0.2, 0.25) is 0 Å². The van der Waals surface area contributed by atoms with E-state index < -0.39 is 11.9 Å². The number of nitrogens with zero attached hydrogens (tertiary/aromatic N) is 3. The Kier molecular flexibility index (Phi) is 5.33. The van der Waals surface area contributed by atoms with E-state index in [0.717, 1.165) is 22.5 Å². The first-order chi connectivity index (χ1) is 16.0. The molecule has 33 heavy (non-hydrogen) atoms. The molecule has 2 fully saturated rings. The Balaban J connectivity index is 1.32. The van der Waals surface area contributed by atoms with Gasteiger partial charge < -0.3 is 9.64 Å². The zero-order valence-corrected chi connectivity index (χ0v) is 18.2. The van der Waals surface area contributed by atoms with Crippen LogP contribution in [0.3, 0.4) is 0 Å². The maximum absolute atomic E-state index is 13.1. The fourth-order valence-corrected chi connectivity index (χ4v) is 4.68. The molecule has 170 valence electrons. The second kappa shape index (κ2) is 8.32. The molecule has 9 heteroatoms. The number of urea groups is 1. The number of hydrogen-bond donors (Lipinski definition) is 1. The van der Waals surface area contributed by atoms with Gasteiger partial charge in [0, 0.05) is 50.1 Å². The van der Waals surface area contributed by atoms with Crippen molar-refractivity contribution in [2.75, 3.05) is 30.0 Å². The van der Waals surface area contributed by atoms with Crippen molar-refractivity contribution in [3.8, 4) is 0 Å². The van der Waals surface area contributed by atoms with Crippen LogP contribution in [0.25, 0.3) is 0 Å². The zero-order chi connectivity index (χ0) is 23.1. The lowest BCUT2D eigenvalue weighted by Crippen LogP contribution is -2.52. The molecular formula is C24H24N4O5. The van der Waals surface area contributed by atoms with E-state index in [4.69, 9.17) is 4.74 Å². The van der Waals surface area contributed by atoms with Gasteiger partial charge in [0.15, 0.2) is 0 Å². The summed E-state index contributed by atoms with van der Waals surface area (Å²) < 4.78 is 5.14. The van der Waals surface area contributed by atoms with Gasteiger partial charge in [0.05, 0.1) is 6.61 Å². The number of amides is 5. The largest absolute Gasteiger partial charge is 0.380 e. The number of imide groups is 1. The first-order valence-corrected chi connectivity index (χ1v) is 10.9. The van der Waals surface area contributed by atoms with Crippen molar-refractivity contribution in [3.63, 3.8) is 0 Å². The van der Waals surface area contributed by atoms with Crippen molar-refractivity contribution in [2.24, 2.45) is 0 Å². The maximum Gasteiger partial charge on any atom is 0.329 e. The second-order valence-corrected chi connectivity index (χ2v) is 8.43. The number of piperidine rings is 1. The highest BCUT2D eigenvalue weighted by Gasteiger charge is 2.39. The van der Waals surface area contributed by atoms with E-state index in [1.165, 1.54) is 4.90 Å². The molecule has 5 rings (SSSR count). The van der Waals surface area contributed by atoms with Crippen LogP contribution in [-0.2, 0) is 27.5 Å². The van der Waals surface area contributed by atoms with Gasteiger partial charge in [-0.1, -0.05) is 12.1 Å². The van der Waals surface area contributed by atoms with Crippen molar-refractivity contribution < 1.29 is 23.9 Å². The number of ether oxygens (including phenoxy) is 1. The number of carbonyl (C=O) groups is 4. The highest BCUT2D eigenvalue weighted by Crippen LogP contribution is 2.32. The first kappa shape index (κ1) is 21.1. The smallest absolute Gasteiger partial charge is 0.329 e. The van der Waals surface area contributed by atoms with Gasteiger partial charge in [-0.25, -0.2) is 4.79 Å². The Morgan fingerprint density at radius 2 is 1.67 bits per heavy atom. The predicted molar refractivity (Wildman–Crippen MR) is 120 cm³/mol. The SMILES string of the molecule is COCc1ccc(N2CCN(c3ccc4c(c3)CN(C3CCC(=O)NC3=O)C4=O)C2=O)cc1. The summed E-state index contributed by atoms with van der Waals surface area (Å²) >= 11 is 0. The van der Waals surface area contributed by atoms with Crippen molar-refractivity contribution in [3.05, 3.63) is 59.2 Å². The minimum atomic E-state index is -0.656. The van der Waals surface area contributed by atoms with Crippen molar-refractivity contribution >= 4 is 35.1 Å². The fraction of sp³-hybridized carbons (Fsp3) is 0.333. The van der Waals surface area contributed by atoms with Crippen LogP contribution >= 0.6 is 0 Å². The van der Waals surface area contributed by atoms with Gasteiger partial charge in [0.25, 0.3) is 5.91 Å². The maximum atomic E-state index is 13.1. The van der Waals surface area contributed by atoms with E-state index in [1.807, 2.05) is 30.3 Å². The van der Waals surface area contributed by atoms with E-state index in [9.17, 15) is 19.2 Å². The monoisotopic (exact) mass is 448 g/mol. The second-order valence-electron chi connectivity index (χ2n) is 8.43. The molecule has 5 amide bonds. The van der Waals surface area contributed by atoms with Gasteiger partial charge in [-0.3, -0.25) is 29.5 Å². The summed E-state index contributed by atoms with van der Waals surface area (Å²) in [5.74, 6) is -0.973. The minimum Gasteiger partial charge on any atom is -0.380 e. The molecule has 2 aromatic carbocycles. The normalized spacial score (nSPS) is 20.5. The topological polar surface area (TPSA) is 99.3 Å². The zero-order valence-electron chi connectivity index (χ0n) is 18.2. The number of rotatable bonds is 5. The van der Waals surface area contributed by atoms with Gasteiger partial charge in [-0.2, -0.15) is 0 Å². The Hall–Kier alpha value is -3.72. The van der Waals surface area contributed by atoms with E-state index in [0.29, 0.717) is 31.7 Å². The molecule has 3 aliphatic heterocycles. The van der Waals surface area contributed by atoms with E-state index in [-0.39, 0.29) is 30.8 Å². The van der Waals surface area contributed by atoms with Gasteiger partial charge in [0.2, 0.25) is 11.8 Å². The van der Waals surface area contributed by atoms with Crippen LogP contribution in [0.4, 0.5) is 16.2 Å². The lowest BCUT2D eigenvalue weighted by atomic mass is 10.0. The van der Waals surface area contributed by atoms with Gasteiger partial charge in [-0.05, 0) is 47.9 Å². The molecule has 0 spiro atoms. The Bertz CT molecular complexity index is 1150. The molecule has 2 saturated heterocycles. The standard InChI is InChI=1S/C24H24N4O5/c1-33-14-15-2-4-17(5-3-15)26-10-11-27(24(26)32)18-6-7-19-16(12-18)13-28(23(19)31)20-8-9-21(29)25-22(20)30/h2-7,12,20H,8-11,13-14H2,1H3,(H,25,29,30). The highest BCUT2D eigenvalue weighted by atomic mass is 16.5. The van der Waals surface area contributed by atoms with Crippen LogP contribution in [0.5, 0.6) is 0 Å². The Labute approximate surface area is 190 Å². The number of hydrogen-bond acceptors (Lipinski definition) is 5. The van der Waals surface area contributed by atoms with Crippen molar-refractivity contribution in [1.29, 1.82) is 0 Å². The van der Waals surface area contributed by atoms with Crippen LogP contribution in [0, 0.1) is 0 Å². The van der Waals surface area contributed by atoms with Crippen LogP contribution in [0.15, 0.2) is 42.5 Å². The molecular weight excluding hydrogens is 424 g/mol. The van der Waals surface area contributed by atoms with E-state index in [2.05, 4.69) is 5.32 Å². The third-order valence-corrected chi connectivity index (χ3v) is 6.39. The fourth-order valence-electron chi connectivity index (χ4n) is 4.68. The highest BCUT2D eigenvalue weighted by molar-refractivity contribution is 6.08. The molecule has 1 atom stereocenters. The average molecular weight is 448 g/mol. The van der Waals surface area contributed by atoms with Crippen LogP contribution in [0.1, 0.15) is 34.3 Å². The Morgan fingerprint density at radius 1 is 0.970 bits per heavy atom. The molecule has 0 aliphatic carbocycles. The average Bonchev–Trinajstić information content (AvgIpc) is 3.34. The molecule has 9 nitrogen and oxygen atoms in total. The minimum absolute atomic E-state index is 0.124. The number of methoxy groups -OCH3 is 1. The summed E-state index contributed by atoms with van der Waals surface area (Å²) in [6.07, 6.45) is 0.534. The molecule has 0 radical (unpaired) electrons. The first-order valence-electron chi connectivity index (χ1n) is 10.9. The lowest BCUT2D eigenvalue weighted by Gasteiger charge is -2.29. The van der Waals surface area contributed by atoms with E-state index in [1.54, 1.807) is 29.0 Å². The number of anilines is 2. The summed E-state index contributed by atoms with van der Waals surface area (Å²) in [5.41, 5.74) is 3.88. The quantitative estimate of drug-likeness (QED) is 0.706. The third-order valence-electron chi connectivity index (χ3n) is 6.39.